The van der Waals surface area contributed by atoms with Crippen LogP contribution in [0.1, 0.15) is 42.3 Å². The molecule has 2 aliphatic carbocycles. The fourth-order valence-corrected chi connectivity index (χ4v) is 4.30. The highest BCUT2D eigenvalue weighted by atomic mass is 32.1. The van der Waals surface area contributed by atoms with E-state index in [0.29, 0.717) is 5.92 Å². The van der Waals surface area contributed by atoms with Crippen molar-refractivity contribution in [1.82, 2.24) is 4.98 Å². The molecule has 2 aliphatic rings. The Kier molecular flexibility index (Phi) is 2.46. The van der Waals surface area contributed by atoms with Gasteiger partial charge in [-0.05, 0) is 31.1 Å². The van der Waals surface area contributed by atoms with Crippen molar-refractivity contribution in [2.24, 2.45) is 11.8 Å². The topological polar surface area (TPSA) is 50.2 Å². The maximum atomic E-state index is 10.6. The van der Waals surface area contributed by atoms with Crippen LogP contribution in [0, 0.1) is 11.8 Å². The predicted octanol–water partition coefficient (Wildman–Crippen LogP) is 2.67. The van der Waals surface area contributed by atoms with E-state index in [-0.39, 0.29) is 6.42 Å². The number of nitrogens with zero attached hydrogens (tertiary/aromatic N) is 1. The van der Waals surface area contributed by atoms with E-state index in [2.05, 4.69) is 4.98 Å². The van der Waals surface area contributed by atoms with Gasteiger partial charge in [0.15, 0.2) is 0 Å². The van der Waals surface area contributed by atoms with Gasteiger partial charge in [-0.1, -0.05) is 6.42 Å². The van der Waals surface area contributed by atoms with E-state index in [1.54, 1.807) is 11.3 Å². The van der Waals surface area contributed by atoms with Gasteiger partial charge in [-0.25, -0.2) is 4.98 Å². The standard InChI is InChI=1S/C12H15NO2S/c14-11(15)5-9-6-16-12(13-9)10-4-7-1-2-8(10)3-7/h6-8,10H,1-5H2,(H,14,15). The van der Waals surface area contributed by atoms with Gasteiger partial charge in [0, 0.05) is 11.3 Å². The van der Waals surface area contributed by atoms with Crippen molar-refractivity contribution in [3.8, 4) is 0 Å². The van der Waals surface area contributed by atoms with Crippen molar-refractivity contribution in [2.45, 2.75) is 38.0 Å². The zero-order chi connectivity index (χ0) is 11.1. The lowest BCUT2D eigenvalue weighted by molar-refractivity contribution is -0.136. The molecule has 86 valence electrons. The van der Waals surface area contributed by atoms with Crippen LogP contribution in [0.2, 0.25) is 0 Å². The van der Waals surface area contributed by atoms with Gasteiger partial charge in [-0.2, -0.15) is 0 Å². The molecule has 2 bridgehead atoms. The molecule has 3 rings (SSSR count). The fourth-order valence-electron chi connectivity index (χ4n) is 3.28. The molecule has 2 saturated carbocycles. The molecular weight excluding hydrogens is 222 g/mol. The first-order chi connectivity index (χ1) is 7.72. The van der Waals surface area contributed by atoms with Crippen LogP contribution in [-0.4, -0.2) is 16.1 Å². The Labute approximate surface area is 98.5 Å². The number of carboxylic acids is 1. The number of rotatable bonds is 3. The maximum Gasteiger partial charge on any atom is 0.309 e. The molecule has 3 unspecified atom stereocenters. The van der Waals surface area contributed by atoms with Crippen LogP contribution in [-0.2, 0) is 11.2 Å². The molecular formula is C12H15NO2S. The summed E-state index contributed by atoms with van der Waals surface area (Å²) in [5.74, 6) is 1.59. The number of hydrogen-bond donors (Lipinski definition) is 1. The van der Waals surface area contributed by atoms with E-state index in [1.165, 1.54) is 30.7 Å². The molecule has 0 aliphatic heterocycles. The lowest BCUT2D eigenvalue weighted by Crippen LogP contribution is -2.08. The van der Waals surface area contributed by atoms with E-state index in [0.717, 1.165) is 17.5 Å². The second kappa shape index (κ2) is 3.84. The molecule has 16 heavy (non-hydrogen) atoms. The van der Waals surface area contributed by atoms with Crippen molar-refractivity contribution in [3.63, 3.8) is 0 Å². The van der Waals surface area contributed by atoms with Gasteiger partial charge in [0.2, 0.25) is 0 Å². The van der Waals surface area contributed by atoms with Crippen LogP contribution in [0.3, 0.4) is 0 Å². The van der Waals surface area contributed by atoms with Gasteiger partial charge in [-0.15, -0.1) is 11.3 Å². The first kappa shape index (κ1) is 10.3. The number of carbonyl (C=O) groups is 1. The summed E-state index contributed by atoms with van der Waals surface area (Å²) in [5.41, 5.74) is 0.732. The minimum atomic E-state index is -0.787. The summed E-state index contributed by atoms with van der Waals surface area (Å²) >= 11 is 1.65. The summed E-state index contributed by atoms with van der Waals surface area (Å²) in [6.45, 7) is 0. The van der Waals surface area contributed by atoms with E-state index < -0.39 is 5.97 Å². The Morgan fingerprint density at radius 1 is 1.50 bits per heavy atom. The van der Waals surface area contributed by atoms with Crippen LogP contribution in [0.15, 0.2) is 5.38 Å². The minimum absolute atomic E-state index is 0.0668. The zero-order valence-corrected chi connectivity index (χ0v) is 9.87. The first-order valence-corrected chi connectivity index (χ1v) is 6.76. The van der Waals surface area contributed by atoms with E-state index in [9.17, 15) is 4.79 Å². The number of carboxylic acid groups (broad SMARTS) is 1. The molecule has 0 amide bonds. The van der Waals surface area contributed by atoms with Crippen molar-refractivity contribution in [1.29, 1.82) is 0 Å². The van der Waals surface area contributed by atoms with Crippen LogP contribution in [0.25, 0.3) is 0 Å². The highest BCUT2D eigenvalue weighted by molar-refractivity contribution is 7.09. The van der Waals surface area contributed by atoms with Crippen molar-refractivity contribution < 1.29 is 9.90 Å². The Bertz CT molecular complexity index is 415. The molecule has 0 spiro atoms. The Hall–Kier alpha value is -0.900. The number of hydrogen-bond acceptors (Lipinski definition) is 3. The van der Waals surface area contributed by atoms with Gasteiger partial charge in [-0.3, -0.25) is 4.79 Å². The highest BCUT2D eigenvalue weighted by Gasteiger charge is 2.41. The molecule has 4 heteroatoms. The van der Waals surface area contributed by atoms with Crippen molar-refractivity contribution in [2.75, 3.05) is 0 Å². The van der Waals surface area contributed by atoms with Crippen LogP contribution in [0.4, 0.5) is 0 Å². The molecule has 2 fully saturated rings. The summed E-state index contributed by atoms with van der Waals surface area (Å²) in [4.78, 5) is 15.1. The van der Waals surface area contributed by atoms with Gasteiger partial charge in [0.1, 0.15) is 0 Å². The molecule has 3 nitrogen and oxygen atoms in total. The lowest BCUT2D eigenvalue weighted by Gasteiger charge is -2.18. The minimum Gasteiger partial charge on any atom is -0.481 e. The maximum absolute atomic E-state index is 10.6. The van der Waals surface area contributed by atoms with Gasteiger partial charge in [0.25, 0.3) is 0 Å². The van der Waals surface area contributed by atoms with E-state index in [4.69, 9.17) is 5.11 Å². The quantitative estimate of drug-likeness (QED) is 0.879. The average Bonchev–Trinajstić information content (AvgIpc) is 2.89. The summed E-state index contributed by atoms with van der Waals surface area (Å²) in [6.07, 6.45) is 5.47. The smallest absolute Gasteiger partial charge is 0.309 e. The third kappa shape index (κ3) is 1.75. The Morgan fingerprint density at radius 3 is 3.00 bits per heavy atom. The highest BCUT2D eigenvalue weighted by Crippen LogP contribution is 2.53. The van der Waals surface area contributed by atoms with Gasteiger partial charge >= 0.3 is 5.97 Å². The largest absolute Gasteiger partial charge is 0.481 e. The third-order valence-electron chi connectivity index (χ3n) is 3.96. The molecule has 3 atom stereocenters. The normalized spacial score (nSPS) is 32.1. The van der Waals surface area contributed by atoms with Crippen LogP contribution in [0.5, 0.6) is 0 Å². The van der Waals surface area contributed by atoms with Crippen LogP contribution < -0.4 is 0 Å². The second-order valence-corrected chi connectivity index (χ2v) is 5.92. The Morgan fingerprint density at radius 2 is 2.38 bits per heavy atom. The zero-order valence-electron chi connectivity index (χ0n) is 9.06. The number of aromatic nitrogens is 1. The Balaban J connectivity index is 1.75. The monoisotopic (exact) mass is 237 g/mol. The predicted molar refractivity (Wildman–Crippen MR) is 61.6 cm³/mol. The lowest BCUT2D eigenvalue weighted by atomic mass is 9.89. The summed E-state index contributed by atoms with van der Waals surface area (Å²) in [7, 11) is 0. The van der Waals surface area contributed by atoms with E-state index >= 15 is 0 Å². The molecule has 1 N–H and O–H groups in total. The second-order valence-electron chi connectivity index (χ2n) is 5.03. The average molecular weight is 237 g/mol. The van der Waals surface area contributed by atoms with Gasteiger partial charge in [0.05, 0.1) is 17.1 Å². The van der Waals surface area contributed by atoms with E-state index in [1.807, 2.05) is 5.38 Å². The third-order valence-corrected chi connectivity index (χ3v) is 4.98. The molecule has 1 aromatic heterocycles. The van der Waals surface area contributed by atoms with Crippen molar-refractivity contribution >= 4 is 17.3 Å². The SMILES string of the molecule is O=C(O)Cc1csc(C2CC3CCC2C3)n1. The molecule has 0 saturated heterocycles. The molecule has 0 aromatic carbocycles. The van der Waals surface area contributed by atoms with Crippen LogP contribution >= 0.6 is 11.3 Å². The number of fused-ring (bicyclic) bond motifs is 2. The molecule has 0 radical (unpaired) electrons. The van der Waals surface area contributed by atoms with Gasteiger partial charge < -0.3 is 5.11 Å². The number of aliphatic carboxylic acids is 1. The summed E-state index contributed by atoms with van der Waals surface area (Å²) < 4.78 is 0. The summed E-state index contributed by atoms with van der Waals surface area (Å²) in [5, 5.41) is 11.8. The fraction of sp³-hybridized carbons (Fsp3) is 0.667. The molecule has 1 aromatic rings. The van der Waals surface area contributed by atoms with Crippen molar-refractivity contribution in [3.05, 3.63) is 16.1 Å². The summed E-state index contributed by atoms with van der Waals surface area (Å²) in [6, 6.07) is 0. The molecule has 1 heterocycles. The first-order valence-electron chi connectivity index (χ1n) is 5.88. The number of thiazole rings is 1.